The van der Waals surface area contributed by atoms with Gasteiger partial charge in [-0.2, -0.15) is 0 Å². The van der Waals surface area contributed by atoms with E-state index in [9.17, 15) is 8.78 Å². The Morgan fingerprint density at radius 3 is 2.38 bits per heavy atom. The Bertz CT molecular complexity index is 511. The molecule has 116 valence electrons. The van der Waals surface area contributed by atoms with E-state index in [-0.39, 0.29) is 16.2 Å². The van der Waals surface area contributed by atoms with Gasteiger partial charge in [-0.05, 0) is 36.8 Å². The SMILES string of the molecule is CCC1CCC(CNc2ccc(C(N)=S)c(F)c2F)CC1. The van der Waals surface area contributed by atoms with Gasteiger partial charge in [-0.25, -0.2) is 8.78 Å². The lowest BCUT2D eigenvalue weighted by Crippen LogP contribution is -2.21. The number of rotatable bonds is 5. The van der Waals surface area contributed by atoms with Gasteiger partial charge in [0.1, 0.15) is 4.99 Å². The van der Waals surface area contributed by atoms with Gasteiger partial charge in [0.25, 0.3) is 0 Å². The molecule has 1 aliphatic carbocycles. The average Bonchev–Trinajstić information content (AvgIpc) is 2.49. The summed E-state index contributed by atoms with van der Waals surface area (Å²) in [6.45, 7) is 2.91. The molecular formula is C16H22F2N2S. The monoisotopic (exact) mass is 312 g/mol. The smallest absolute Gasteiger partial charge is 0.182 e. The first-order chi connectivity index (χ1) is 10.0. The average molecular weight is 312 g/mol. The van der Waals surface area contributed by atoms with E-state index in [1.54, 1.807) is 0 Å². The highest BCUT2D eigenvalue weighted by atomic mass is 32.1. The first-order valence-corrected chi connectivity index (χ1v) is 7.95. The molecule has 0 radical (unpaired) electrons. The van der Waals surface area contributed by atoms with Gasteiger partial charge in [0.2, 0.25) is 0 Å². The predicted molar refractivity (Wildman–Crippen MR) is 86.5 cm³/mol. The Labute approximate surface area is 130 Å². The molecule has 3 N–H and O–H groups in total. The van der Waals surface area contributed by atoms with Gasteiger partial charge in [-0.3, -0.25) is 0 Å². The van der Waals surface area contributed by atoms with Crippen LogP contribution in [0.3, 0.4) is 0 Å². The van der Waals surface area contributed by atoms with Crippen molar-refractivity contribution in [2.24, 2.45) is 17.6 Å². The van der Waals surface area contributed by atoms with Crippen molar-refractivity contribution < 1.29 is 8.78 Å². The molecule has 0 aromatic heterocycles. The Balaban J connectivity index is 1.95. The van der Waals surface area contributed by atoms with Crippen LogP contribution in [0.5, 0.6) is 0 Å². The van der Waals surface area contributed by atoms with Gasteiger partial charge < -0.3 is 11.1 Å². The zero-order valence-corrected chi connectivity index (χ0v) is 13.1. The van der Waals surface area contributed by atoms with E-state index < -0.39 is 11.6 Å². The Kier molecular flexibility index (Phi) is 5.51. The molecule has 0 bridgehead atoms. The van der Waals surface area contributed by atoms with E-state index in [2.05, 4.69) is 12.2 Å². The number of halogens is 2. The topological polar surface area (TPSA) is 38.0 Å². The van der Waals surface area contributed by atoms with Crippen LogP contribution in [0.4, 0.5) is 14.5 Å². The molecular weight excluding hydrogens is 290 g/mol. The zero-order chi connectivity index (χ0) is 15.4. The first kappa shape index (κ1) is 16.1. The summed E-state index contributed by atoms with van der Waals surface area (Å²) in [5.41, 5.74) is 5.50. The van der Waals surface area contributed by atoms with Crippen LogP contribution in [0.1, 0.15) is 44.6 Å². The molecule has 0 saturated heterocycles. The summed E-state index contributed by atoms with van der Waals surface area (Å²) in [4.78, 5) is -0.129. The summed E-state index contributed by atoms with van der Waals surface area (Å²) in [6.07, 6.45) is 6.02. The molecule has 0 aliphatic heterocycles. The van der Waals surface area contributed by atoms with Crippen LogP contribution in [0.2, 0.25) is 0 Å². The Hall–Kier alpha value is -1.23. The summed E-state index contributed by atoms with van der Waals surface area (Å²) in [6, 6.07) is 2.93. The minimum absolute atomic E-state index is 0.0449. The van der Waals surface area contributed by atoms with Crippen LogP contribution in [0.25, 0.3) is 0 Å². The van der Waals surface area contributed by atoms with Crippen molar-refractivity contribution in [3.8, 4) is 0 Å². The standard InChI is InChI=1S/C16H22F2N2S/c1-2-10-3-5-11(6-4-10)9-20-13-8-7-12(16(19)21)14(17)15(13)18/h7-8,10-11,20H,2-6,9H2,1H3,(H2,19,21). The van der Waals surface area contributed by atoms with Crippen molar-refractivity contribution in [1.29, 1.82) is 0 Å². The summed E-state index contributed by atoms with van der Waals surface area (Å²) >= 11 is 4.69. The second-order valence-electron chi connectivity index (χ2n) is 5.83. The lowest BCUT2D eigenvalue weighted by Gasteiger charge is -2.28. The molecule has 2 nitrogen and oxygen atoms in total. The number of nitrogens with one attached hydrogen (secondary N) is 1. The Morgan fingerprint density at radius 2 is 1.81 bits per heavy atom. The molecule has 0 atom stereocenters. The van der Waals surface area contributed by atoms with Crippen LogP contribution in [-0.4, -0.2) is 11.5 Å². The lowest BCUT2D eigenvalue weighted by molar-refractivity contribution is 0.278. The van der Waals surface area contributed by atoms with Crippen molar-refractivity contribution in [3.63, 3.8) is 0 Å². The molecule has 2 rings (SSSR count). The highest BCUT2D eigenvalue weighted by Gasteiger charge is 2.21. The van der Waals surface area contributed by atoms with Gasteiger partial charge in [0.05, 0.1) is 5.69 Å². The fourth-order valence-electron chi connectivity index (χ4n) is 2.97. The van der Waals surface area contributed by atoms with Crippen LogP contribution in [-0.2, 0) is 0 Å². The third-order valence-corrected chi connectivity index (χ3v) is 4.69. The van der Waals surface area contributed by atoms with Crippen molar-refractivity contribution in [2.75, 3.05) is 11.9 Å². The van der Waals surface area contributed by atoms with E-state index in [0.717, 1.165) is 18.8 Å². The lowest BCUT2D eigenvalue weighted by atomic mass is 9.81. The molecule has 1 aromatic carbocycles. The van der Waals surface area contributed by atoms with E-state index >= 15 is 0 Å². The minimum Gasteiger partial charge on any atom is -0.389 e. The van der Waals surface area contributed by atoms with Gasteiger partial charge in [-0.15, -0.1) is 0 Å². The third kappa shape index (κ3) is 3.90. The summed E-state index contributed by atoms with van der Waals surface area (Å²) in [7, 11) is 0. The number of hydrogen-bond donors (Lipinski definition) is 2. The fourth-order valence-corrected chi connectivity index (χ4v) is 3.13. The van der Waals surface area contributed by atoms with Gasteiger partial charge in [-0.1, -0.05) is 38.4 Å². The third-order valence-electron chi connectivity index (χ3n) is 4.47. The Morgan fingerprint density at radius 1 is 1.19 bits per heavy atom. The summed E-state index contributed by atoms with van der Waals surface area (Å²) in [5, 5.41) is 3.02. The van der Waals surface area contributed by atoms with Crippen LogP contribution < -0.4 is 11.1 Å². The van der Waals surface area contributed by atoms with Crippen molar-refractivity contribution in [3.05, 3.63) is 29.3 Å². The zero-order valence-electron chi connectivity index (χ0n) is 12.3. The molecule has 1 aromatic rings. The quantitative estimate of drug-likeness (QED) is 0.799. The molecule has 1 saturated carbocycles. The molecule has 1 aliphatic rings. The highest BCUT2D eigenvalue weighted by molar-refractivity contribution is 7.80. The molecule has 0 heterocycles. The highest BCUT2D eigenvalue weighted by Crippen LogP contribution is 2.31. The number of thiocarbonyl (C=S) groups is 1. The molecule has 5 heteroatoms. The maximum atomic E-state index is 13.9. The van der Waals surface area contributed by atoms with Crippen molar-refractivity contribution in [1.82, 2.24) is 0 Å². The second-order valence-corrected chi connectivity index (χ2v) is 6.27. The summed E-state index contributed by atoms with van der Waals surface area (Å²) < 4.78 is 27.7. The number of hydrogen-bond acceptors (Lipinski definition) is 2. The normalized spacial score (nSPS) is 22.0. The van der Waals surface area contributed by atoms with Crippen LogP contribution in [0.15, 0.2) is 12.1 Å². The van der Waals surface area contributed by atoms with Crippen LogP contribution in [0, 0.1) is 23.5 Å². The first-order valence-electron chi connectivity index (χ1n) is 7.54. The largest absolute Gasteiger partial charge is 0.389 e. The second kappa shape index (κ2) is 7.16. The molecule has 21 heavy (non-hydrogen) atoms. The van der Waals surface area contributed by atoms with E-state index in [0.29, 0.717) is 12.5 Å². The van der Waals surface area contributed by atoms with Crippen molar-refractivity contribution in [2.45, 2.75) is 39.0 Å². The maximum absolute atomic E-state index is 13.9. The van der Waals surface area contributed by atoms with Crippen LogP contribution >= 0.6 is 12.2 Å². The minimum atomic E-state index is -0.970. The van der Waals surface area contributed by atoms with Gasteiger partial charge in [0.15, 0.2) is 11.6 Å². The number of nitrogens with two attached hydrogens (primary N) is 1. The maximum Gasteiger partial charge on any atom is 0.182 e. The fraction of sp³-hybridized carbons (Fsp3) is 0.562. The molecule has 1 fully saturated rings. The predicted octanol–water partition coefficient (Wildman–Crippen LogP) is 4.23. The van der Waals surface area contributed by atoms with Crippen molar-refractivity contribution >= 4 is 22.9 Å². The van der Waals surface area contributed by atoms with E-state index in [4.69, 9.17) is 18.0 Å². The van der Waals surface area contributed by atoms with Gasteiger partial charge >= 0.3 is 0 Å². The van der Waals surface area contributed by atoms with Gasteiger partial charge in [0, 0.05) is 12.1 Å². The van der Waals surface area contributed by atoms with E-state index in [1.165, 1.54) is 31.4 Å². The number of anilines is 1. The molecule has 0 spiro atoms. The molecule has 0 amide bonds. The number of benzene rings is 1. The molecule has 0 unspecified atom stereocenters. The summed E-state index contributed by atoms with van der Waals surface area (Å²) in [5.74, 6) is -0.504. The van der Waals surface area contributed by atoms with E-state index in [1.807, 2.05) is 0 Å².